The minimum atomic E-state index is -0.941. The zero-order valence-electron chi connectivity index (χ0n) is 12.3. The van der Waals surface area contributed by atoms with Crippen LogP contribution < -0.4 is 5.32 Å². The number of carbonyl (C=O) groups excluding carboxylic acids is 1. The summed E-state index contributed by atoms with van der Waals surface area (Å²) in [4.78, 5) is 24.9. The van der Waals surface area contributed by atoms with E-state index in [9.17, 15) is 9.59 Å². The van der Waals surface area contributed by atoms with Crippen LogP contribution in [0.2, 0.25) is 0 Å². The predicted octanol–water partition coefficient (Wildman–Crippen LogP) is 2.86. The maximum Gasteiger partial charge on any atom is 0.335 e. The van der Waals surface area contributed by atoms with Crippen LogP contribution in [0.1, 0.15) is 48.5 Å². The van der Waals surface area contributed by atoms with Crippen molar-refractivity contribution >= 4 is 12.0 Å². The molecule has 114 valence electrons. The number of nitrogens with one attached hydrogen (secondary N) is 1. The van der Waals surface area contributed by atoms with Gasteiger partial charge < -0.3 is 15.3 Å². The molecule has 0 aromatic heterocycles. The van der Waals surface area contributed by atoms with E-state index in [0.717, 1.165) is 18.4 Å². The van der Waals surface area contributed by atoms with E-state index in [4.69, 9.17) is 5.11 Å². The molecule has 5 nitrogen and oxygen atoms in total. The number of urea groups is 1. The Balaban J connectivity index is 1.88. The number of nitrogens with zero attached hydrogens (tertiary/aromatic N) is 1. The number of amides is 2. The Labute approximate surface area is 125 Å². The van der Waals surface area contributed by atoms with Gasteiger partial charge >= 0.3 is 12.0 Å². The number of benzene rings is 1. The standard InChI is InChI=1S/C16H22N2O3/c1-2-18(14-5-3-4-6-14)16(21)17-11-12-7-9-13(10-8-12)15(19)20/h7-10,14H,2-6,11H2,1H3,(H,17,21)(H,19,20). The molecule has 2 N–H and O–H groups in total. The molecule has 1 aliphatic carbocycles. The Kier molecular flexibility index (Phi) is 5.20. The highest BCUT2D eigenvalue weighted by Gasteiger charge is 2.24. The molecule has 0 unspecified atom stereocenters. The third kappa shape index (κ3) is 3.97. The van der Waals surface area contributed by atoms with Gasteiger partial charge in [0.15, 0.2) is 0 Å². The highest BCUT2D eigenvalue weighted by Crippen LogP contribution is 2.23. The lowest BCUT2D eigenvalue weighted by Gasteiger charge is -2.27. The Morgan fingerprint density at radius 1 is 1.24 bits per heavy atom. The second-order valence-corrected chi connectivity index (χ2v) is 5.39. The summed E-state index contributed by atoms with van der Waals surface area (Å²) in [6.07, 6.45) is 4.58. The highest BCUT2D eigenvalue weighted by molar-refractivity contribution is 5.87. The maximum atomic E-state index is 12.2. The van der Waals surface area contributed by atoms with Gasteiger partial charge in [-0.1, -0.05) is 25.0 Å². The van der Waals surface area contributed by atoms with Crippen LogP contribution in [0.5, 0.6) is 0 Å². The van der Waals surface area contributed by atoms with E-state index in [1.165, 1.54) is 12.8 Å². The molecule has 0 radical (unpaired) electrons. The fraction of sp³-hybridized carbons (Fsp3) is 0.500. The van der Waals surface area contributed by atoms with Gasteiger partial charge in [0.25, 0.3) is 0 Å². The number of carbonyl (C=O) groups is 2. The van der Waals surface area contributed by atoms with Gasteiger partial charge in [0.05, 0.1) is 5.56 Å². The zero-order chi connectivity index (χ0) is 15.2. The first kappa shape index (κ1) is 15.4. The molecule has 0 aliphatic heterocycles. The van der Waals surface area contributed by atoms with E-state index in [1.54, 1.807) is 24.3 Å². The Morgan fingerprint density at radius 2 is 1.86 bits per heavy atom. The molecule has 0 heterocycles. The fourth-order valence-corrected chi connectivity index (χ4v) is 2.83. The van der Waals surface area contributed by atoms with Crippen LogP contribution in [0.25, 0.3) is 0 Å². The lowest BCUT2D eigenvalue weighted by Crippen LogP contribution is -2.44. The summed E-state index contributed by atoms with van der Waals surface area (Å²) < 4.78 is 0. The van der Waals surface area contributed by atoms with Crippen molar-refractivity contribution in [3.8, 4) is 0 Å². The highest BCUT2D eigenvalue weighted by atomic mass is 16.4. The maximum absolute atomic E-state index is 12.2. The van der Waals surface area contributed by atoms with Crippen LogP contribution in [0.15, 0.2) is 24.3 Å². The zero-order valence-corrected chi connectivity index (χ0v) is 12.3. The average molecular weight is 290 g/mol. The van der Waals surface area contributed by atoms with E-state index in [0.29, 0.717) is 19.1 Å². The Hall–Kier alpha value is -2.04. The van der Waals surface area contributed by atoms with E-state index in [1.807, 2.05) is 11.8 Å². The van der Waals surface area contributed by atoms with E-state index in [-0.39, 0.29) is 11.6 Å². The summed E-state index contributed by atoms with van der Waals surface area (Å²) in [5.74, 6) is -0.941. The number of hydrogen-bond acceptors (Lipinski definition) is 2. The summed E-state index contributed by atoms with van der Waals surface area (Å²) in [5, 5.41) is 11.8. The number of rotatable bonds is 5. The van der Waals surface area contributed by atoms with Crippen molar-refractivity contribution < 1.29 is 14.7 Å². The molecule has 0 spiro atoms. The lowest BCUT2D eigenvalue weighted by molar-refractivity contribution is 0.0697. The largest absolute Gasteiger partial charge is 0.478 e. The molecule has 0 bridgehead atoms. The first-order valence-corrected chi connectivity index (χ1v) is 7.48. The first-order chi connectivity index (χ1) is 10.1. The molecule has 2 amide bonds. The summed E-state index contributed by atoms with van der Waals surface area (Å²) in [6, 6.07) is 6.90. The van der Waals surface area contributed by atoms with E-state index in [2.05, 4.69) is 5.32 Å². The molecule has 1 saturated carbocycles. The van der Waals surface area contributed by atoms with Crippen LogP contribution >= 0.6 is 0 Å². The second-order valence-electron chi connectivity index (χ2n) is 5.39. The number of carboxylic acid groups (broad SMARTS) is 1. The third-order valence-corrected chi connectivity index (χ3v) is 4.01. The lowest BCUT2D eigenvalue weighted by atomic mass is 10.1. The summed E-state index contributed by atoms with van der Waals surface area (Å²) in [6.45, 7) is 3.13. The van der Waals surface area contributed by atoms with E-state index >= 15 is 0 Å². The van der Waals surface area contributed by atoms with Gasteiger partial charge in [-0.15, -0.1) is 0 Å². The molecule has 1 aromatic rings. The molecule has 5 heteroatoms. The van der Waals surface area contributed by atoms with Gasteiger partial charge in [0.2, 0.25) is 0 Å². The minimum absolute atomic E-state index is 0.0355. The van der Waals surface area contributed by atoms with Crippen LogP contribution in [0.4, 0.5) is 4.79 Å². The number of hydrogen-bond donors (Lipinski definition) is 2. The second kappa shape index (κ2) is 7.11. The molecule has 21 heavy (non-hydrogen) atoms. The SMILES string of the molecule is CCN(C(=O)NCc1ccc(C(=O)O)cc1)C1CCCC1. The molecule has 0 atom stereocenters. The van der Waals surface area contributed by atoms with Gasteiger partial charge in [-0.05, 0) is 37.5 Å². The normalized spacial score (nSPS) is 14.9. The number of carboxylic acids is 1. The fourth-order valence-electron chi connectivity index (χ4n) is 2.83. The van der Waals surface area contributed by atoms with Crippen molar-refractivity contribution in [1.82, 2.24) is 10.2 Å². The number of aromatic carboxylic acids is 1. The molecule has 1 aliphatic rings. The van der Waals surface area contributed by atoms with Crippen molar-refractivity contribution in [2.75, 3.05) is 6.54 Å². The van der Waals surface area contributed by atoms with Crippen molar-refractivity contribution in [3.63, 3.8) is 0 Å². The summed E-state index contributed by atoms with van der Waals surface area (Å²) >= 11 is 0. The molecular weight excluding hydrogens is 268 g/mol. The summed E-state index contributed by atoms with van der Waals surface area (Å²) in [7, 11) is 0. The van der Waals surface area contributed by atoms with Crippen LogP contribution in [-0.4, -0.2) is 34.6 Å². The van der Waals surface area contributed by atoms with Crippen LogP contribution in [0, 0.1) is 0 Å². The average Bonchev–Trinajstić information content (AvgIpc) is 3.00. The third-order valence-electron chi connectivity index (χ3n) is 4.01. The first-order valence-electron chi connectivity index (χ1n) is 7.48. The van der Waals surface area contributed by atoms with Gasteiger partial charge in [0, 0.05) is 19.1 Å². The molecule has 1 fully saturated rings. The van der Waals surface area contributed by atoms with Gasteiger partial charge in [0.1, 0.15) is 0 Å². The Morgan fingerprint density at radius 3 is 2.38 bits per heavy atom. The quantitative estimate of drug-likeness (QED) is 0.876. The molecule has 2 rings (SSSR count). The monoisotopic (exact) mass is 290 g/mol. The van der Waals surface area contributed by atoms with Crippen molar-refractivity contribution in [3.05, 3.63) is 35.4 Å². The van der Waals surface area contributed by atoms with Crippen LogP contribution in [0.3, 0.4) is 0 Å². The van der Waals surface area contributed by atoms with Crippen LogP contribution in [-0.2, 0) is 6.54 Å². The van der Waals surface area contributed by atoms with E-state index < -0.39 is 5.97 Å². The van der Waals surface area contributed by atoms with Crippen molar-refractivity contribution in [2.24, 2.45) is 0 Å². The van der Waals surface area contributed by atoms with Gasteiger partial charge in [-0.2, -0.15) is 0 Å². The van der Waals surface area contributed by atoms with Gasteiger partial charge in [-0.3, -0.25) is 0 Å². The van der Waals surface area contributed by atoms with Crippen molar-refractivity contribution in [2.45, 2.75) is 45.2 Å². The van der Waals surface area contributed by atoms with Crippen molar-refractivity contribution in [1.29, 1.82) is 0 Å². The Bertz CT molecular complexity index is 493. The topological polar surface area (TPSA) is 69.6 Å². The minimum Gasteiger partial charge on any atom is -0.478 e. The predicted molar refractivity (Wildman–Crippen MR) is 80.3 cm³/mol. The molecule has 0 saturated heterocycles. The molecular formula is C16H22N2O3. The smallest absolute Gasteiger partial charge is 0.335 e. The summed E-state index contributed by atoms with van der Waals surface area (Å²) in [5.41, 5.74) is 1.15. The molecule has 1 aromatic carbocycles. The van der Waals surface area contributed by atoms with Gasteiger partial charge in [-0.25, -0.2) is 9.59 Å².